The van der Waals surface area contributed by atoms with Crippen molar-refractivity contribution in [2.45, 2.75) is 377 Å². The summed E-state index contributed by atoms with van der Waals surface area (Å²) in [5.41, 5.74) is 20.2. The van der Waals surface area contributed by atoms with Crippen LogP contribution in [0, 0.1) is 11.3 Å². The summed E-state index contributed by atoms with van der Waals surface area (Å²) >= 11 is 0. The molecule has 0 aromatic carbocycles. The van der Waals surface area contributed by atoms with Crippen molar-refractivity contribution in [3.05, 3.63) is 123 Å². The number of hydrogen-bond acceptors (Lipinski definition) is 25. The van der Waals surface area contributed by atoms with Gasteiger partial charge in [-0.15, -0.1) is 123 Å². The van der Waals surface area contributed by atoms with Gasteiger partial charge in [-0.3, -0.25) is 36.5 Å². The summed E-state index contributed by atoms with van der Waals surface area (Å²) < 4.78 is 124. The first-order chi connectivity index (χ1) is 64.1. The minimum Gasteiger partial charge on any atom is -0.466 e. The van der Waals surface area contributed by atoms with E-state index in [9.17, 15) is 58.8 Å². The topological polar surface area (TPSA) is 333 Å². The average Bonchev–Trinajstić information content (AvgIpc) is 0.905. The van der Waals surface area contributed by atoms with E-state index < -0.39 is 123 Å². The molecular formula is C102H210O25S3Si10. The molecule has 0 amide bonds. The van der Waals surface area contributed by atoms with Crippen molar-refractivity contribution >= 4 is 153 Å². The lowest BCUT2D eigenvalue weighted by molar-refractivity contribution is -0.153. The van der Waals surface area contributed by atoms with Gasteiger partial charge in [0.15, 0.2) is 0 Å². The molecule has 0 fully saturated rings. The zero-order valence-corrected chi connectivity index (χ0v) is 108. The van der Waals surface area contributed by atoms with Gasteiger partial charge >= 0.3 is 42.2 Å². The summed E-state index contributed by atoms with van der Waals surface area (Å²) in [4.78, 5) is 76.8. The van der Waals surface area contributed by atoms with Gasteiger partial charge in [0.05, 0.1) is 190 Å². The molecule has 0 aromatic rings. The van der Waals surface area contributed by atoms with E-state index in [-0.39, 0.29) is 52.7 Å². The molecule has 0 N–H and O–H groups in total. The predicted octanol–water partition coefficient (Wildman–Crippen LogP) is 28.0. The molecule has 826 valence electrons. The van der Waals surface area contributed by atoms with Gasteiger partial charge in [-0.2, -0.15) is 25.3 Å². The van der Waals surface area contributed by atoms with Crippen LogP contribution < -0.4 is 0 Å². The summed E-state index contributed by atoms with van der Waals surface area (Å²) in [6, 6.07) is 11.0. The zero-order valence-electron chi connectivity index (χ0n) is 95.1. The van der Waals surface area contributed by atoms with Crippen LogP contribution in [0.3, 0.4) is 0 Å². The van der Waals surface area contributed by atoms with Gasteiger partial charge in [0, 0.05) is 19.3 Å². The van der Waals surface area contributed by atoms with E-state index in [2.05, 4.69) is 252 Å². The Morgan fingerprint density at radius 1 is 0.300 bits per heavy atom. The third kappa shape index (κ3) is 120. The number of rotatable bonds is 64. The van der Waals surface area contributed by atoms with Crippen LogP contribution in [0.2, 0.25) is 191 Å². The van der Waals surface area contributed by atoms with E-state index in [1.807, 2.05) is 78.2 Å². The molecule has 38 heteroatoms. The van der Waals surface area contributed by atoms with E-state index in [1.54, 1.807) is 13.8 Å². The quantitative estimate of drug-likeness (QED) is 0.0179. The number of unbranched alkanes of at least 4 members (excludes halogenated alkanes) is 1. The highest BCUT2D eigenvalue weighted by Crippen LogP contribution is 2.22. The van der Waals surface area contributed by atoms with Gasteiger partial charge in [0.2, 0.25) is 0 Å². The lowest BCUT2D eigenvalue weighted by atomic mass is 9.97. The Balaban J connectivity index is -0.000000168. The SMILES string of the molecule is C=C[Si](C)(C)CCCOC(=O)C(C)(C)C.C=C[Si](C)(C)CCCOC(=O)C(C)C.C=C[Si](C)(C)CCCOC(=O)CC.C=C[Si](C)(C)CCCOC(=O)CCC.C=C[Si](C)(C)CCCOC(=O)CCCC.C=C[Si](C)(C)CCCOC(=O)OC.C=C[Si](C)(C)CCCOC(=O)OCC.C=C[Si](C)(C)CCCOS(=O)(=O)CC.C=C[Si](C)(C)CCCOS(=O)(=O)CCC.C=C[Si](C)(C)CCCOS(C)(=O)=O. The third-order valence-electron chi connectivity index (χ3n) is 21.5. The molecule has 0 bridgehead atoms. The molecule has 0 saturated carbocycles. The van der Waals surface area contributed by atoms with Crippen LogP contribution in [0.15, 0.2) is 123 Å². The molecule has 0 aliphatic rings. The Labute approximate surface area is 869 Å². The van der Waals surface area contributed by atoms with Gasteiger partial charge < -0.3 is 42.6 Å². The van der Waals surface area contributed by atoms with Crippen molar-refractivity contribution in [1.29, 1.82) is 0 Å². The Bertz CT molecular complexity index is 3660. The van der Waals surface area contributed by atoms with Crippen LogP contribution in [0.25, 0.3) is 0 Å². The third-order valence-corrected chi connectivity index (χ3v) is 52.2. The fraction of sp³-hybridized carbons (Fsp3) is 0.735. The van der Waals surface area contributed by atoms with Crippen LogP contribution in [0.5, 0.6) is 0 Å². The van der Waals surface area contributed by atoms with Crippen molar-refractivity contribution in [1.82, 2.24) is 0 Å². The normalized spacial score (nSPS) is 11.7. The van der Waals surface area contributed by atoms with Gasteiger partial charge in [-0.05, 0) is 118 Å². The van der Waals surface area contributed by atoms with Crippen LogP contribution in [-0.2, 0) is 110 Å². The fourth-order valence-electron chi connectivity index (χ4n) is 9.85. The minimum atomic E-state index is -3.27. The second-order valence-electron chi connectivity index (χ2n) is 42.7. The molecule has 0 spiro atoms. The molecule has 25 nitrogen and oxygen atoms in total. The molecule has 0 aromatic heterocycles. The van der Waals surface area contributed by atoms with Gasteiger partial charge in [0.25, 0.3) is 30.4 Å². The second-order valence-corrected chi connectivity index (χ2v) is 96.8. The minimum absolute atomic E-state index is 0.0142. The number of hydrogen-bond donors (Lipinski definition) is 0. The van der Waals surface area contributed by atoms with Crippen LogP contribution >= 0.6 is 0 Å². The lowest BCUT2D eigenvalue weighted by Crippen LogP contribution is -2.25. The van der Waals surface area contributed by atoms with Crippen molar-refractivity contribution in [2.24, 2.45) is 11.3 Å². The molecule has 0 saturated heterocycles. The fourth-order valence-corrected chi connectivity index (χ4v) is 24.4. The van der Waals surface area contributed by atoms with Crippen LogP contribution in [-0.4, -0.2) is 246 Å². The Hall–Kier alpha value is -4.81. The maximum absolute atomic E-state index is 11.4. The monoisotopic (exact) mass is 2210 g/mol. The molecule has 0 radical (unpaired) electrons. The number of carbonyl (C=O) groups excluding carboxylic acids is 7. The summed E-state index contributed by atoms with van der Waals surface area (Å²) in [5.74, 6) is -0.258. The molecule has 140 heavy (non-hydrogen) atoms. The first-order valence-corrected chi connectivity index (χ1v) is 88.2. The smallest absolute Gasteiger partial charge is 0.466 e. The number of ether oxygens (including phenoxy) is 9. The molecule has 0 aliphatic carbocycles. The second kappa shape index (κ2) is 87.2. The number of methoxy groups -OCH3 is 1. The first-order valence-electron chi connectivity index (χ1n) is 50.3. The standard InChI is InChI=1S/2C12H24O2Si.2C11H22O2Si.C10H22O3SSi.C10H20O3Si.C10H20O2Si.C9H20O3SSi.C9H18O3Si.C8H18O3SSi/c1-7-15(5,6)10-8-9-14-11(13)12(2,3)4;1-5-7-9-12(13)14-10-8-11-15(3,4)6-2;1-6-14(4,5)9-7-8-13-11(12)10(2)3;1-5-8-11(12)13-9-7-10-14(3,4)6-2;1-5-9-14(11,12)13-8-7-10-15(3,4)6-2;1-5-12-10(11)13-8-7-9-14(3,4)6-2;1-5-10(11)12-8-7-9-13(3,4)6-2;1-5-13(10,11)12-8-7-9-14(3,4)6-2;1-5-13(3,4)8-6-7-12-9(10)11-2;1-5-13(3,4)8-6-7-11-12(2,9)10/h7H,1,8-10H2,2-6H3;6H,2,5,7-11H2,1,3-4H3;6,10H,1,7-9H2,2-5H3;6H,2,5,7-10H2,1,3-4H3;6H,2,5,7-10H2,1,3-4H3;6H,2,5,7-9H2,1,3-4H3;6H,2,5,7-9H2,1,3-4H3;6H,2,5,7-9H2,1,3-4H3;2*5H,1,6-8H2,2-4H3. The molecule has 0 aliphatic heterocycles. The van der Waals surface area contributed by atoms with Crippen molar-refractivity contribution in [3.63, 3.8) is 0 Å². The highest BCUT2D eigenvalue weighted by Gasteiger charge is 2.26. The molecular weight excluding hydrogens is 2000 g/mol. The summed E-state index contributed by atoms with van der Waals surface area (Å²) in [6.07, 6.45) is 14.0. The zero-order chi connectivity index (χ0) is 111. The van der Waals surface area contributed by atoms with Crippen molar-refractivity contribution in [3.8, 4) is 0 Å². The summed E-state index contributed by atoms with van der Waals surface area (Å²) in [6.45, 7) is 108. The first kappa shape index (κ1) is 155. The maximum atomic E-state index is 11.4. The van der Waals surface area contributed by atoms with Gasteiger partial charge in [-0.1, -0.05) is 239 Å². The molecule has 0 unspecified atom stereocenters. The van der Waals surface area contributed by atoms with E-state index in [4.69, 9.17) is 41.5 Å². The van der Waals surface area contributed by atoms with E-state index in [0.29, 0.717) is 98.4 Å². The Kier molecular flexibility index (Phi) is 96.8. The Morgan fingerprint density at radius 3 is 0.786 bits per heavy atom. The molecule has 0 atom stereocenters. The number of esters is 5. The largest absolute Gasteiger partial charge is 0.508 e. The lowest BCUT2D eigenvalue weighted by Gasteiger charge is -2.19. The average molecular weight is 2210 g/mol. The number of carbonyl (C=O) groups is 7. The highest BCUT2D eigenvalue weighted by molar-refractivity contribution is 7.87. The highest BCUT2D eigenvalue weighted by atomic mass is 32.2. The van der Waals surface area contributed by atoms with Crippen molar-refractivity contribution in [2.75, 3.05) is 97.5 Å². The molecule has 0 heterocycles. The predicted molar refractivity (Wildman–Crippen MR) is 622 cm³/mol. The summed E-state index contributed by atoms with van der Waals surface area (Å²) in [7, 11) is -20.8. The van der Waals surface area contributed by atoms with Crippen LogP contribution in [0.4, 0.5) is 9.59 Å². The van der Waals surface area contributed by atoms with Gasteiger partial charge in [0.1, 0.15) is 0 Å². The van der Waals surface area contributed by atoms with E-state index in [1.165, 1.54) is 7.11 Å². The summed E-state index contributed by atoms with van der Waals surface area (Å²) in [5, 5.41) is 0. The Morgan fingerprint density at radius 2 is 0.550 bits per heavy atom. The van der Waals surface area contributed by atoms with Crippen LogP contribution in [0.1, 0.15) is 185 Å². The van der Waals surface area contributed by atoms with Crippen molar-refractivity contribution < 1.29 is 114 Å². The molecule has 0 rings (SSSR count). The van der Waals surface area contributed by atoms with Gasteiger partial charge in [-0.25, -0.2) is 9.59 Å². The maximum Gasteiger partial charge on any atom is 0.508 e. The van der Waals surface area contributed by atoms with E-state index in [0.717, 1.165) is 150 Å². The van der Waals surface area contributed by atoms with E-state index >= 15 is 0 Å².